The van der Waals surface area contributed by atoms with Crippen molar-refractivity contribution in [1.82, 2.24) is 23.8 Å². The van der Waals surface area contributed by atoms with Crippen LogP contribution in [0, 0.1) is 52.4 Å². The molecule has 9 aliphatic rings. The zero-order chi connectivity index (χ0) is 101. The van der Waals surface area contributed by atoms with Crippen LogP contribution in [0.1, 0.15) is 240 Å². The van der Waals surface area contributed by atoms with Crippen LogP contribution in [-0.4, -0.2) is 247 Å². The van der Waals surface area contributed by atoms with E-state index in [9.17, 15) is 54.2 Å². The first-order valence-corrected chi connectivity index (χ1v) is 57.3. The van der Waals surface area contributed by atoms with Gasteiger partial charge >= 0.3 is 36.3 Å². The fourth-order valence-electron chi connectivity index (χ4n) is 22.2. The van der Waals surface area contributed by atoms with Crippen LogP contribution >= 0.6 is 60.2 Å². The van der Waals surface area contributed by atoms with Gasteiger partial charge in [-0.1, -0.05) is 69.2 Å². The van der Waals surface area contributed by atoms with Crippen LogP contribution in [0.5, 0.6) is 34.5 Å². The SMILES string of the molecule is CC(C)N(C(C)C)P(OCCC#N)N(C(C)C)C(C)C.C[C@]12CC[C@@H]3c4ccc(OCCOc5ccc(OC(=O)N(CCOC6CCCCO6)C6CCSSC6)cc5)cc4CC[C@H]3[C@@H]1CC[C@@H]2O.[C-]#[N+]CCOP(OCCN(C(=O)Oc1ccc(OCCOc2ccc3c(c2)CC[C@@H]2[C@@H]3CC[C@]3(C)[C@@H](OCCCOC(C(F)(F)F)(C(F)(F)F)C(F)(F)F)CC[C@@H]23)cc1)C1CCSSC1)N(C(C)C)C(C)C. The maximum Gasteiger partial charge on any atom is 0.435 e. The summed E-state index contributed by atoms with van der Waals surface area (Å²) in [5.41, 5.74) is -1.10. The highest BCUT2D eigenvalue weighted by atomic mass is 33.1. The fourth-order valence-corrected chi connectivity index (χ4v) is 31.1. The largest absolute Gasteiger partial charge is 0.490 e. The van der Waals surface area contributed by atoms with Crippen LogP contribution < -0.4 is 28.4 Å². The van der Waals surface area contributed by atoms with E-state index in [0.29, 0.717) is 129 Å². The summed E-state index contributed by atoms with van der Waals surface area (Å²) in [4.78, 5) is 33.9. The summed E-state index contributed by atoms with van der Waals surface area (Å²) in [5, 5.41) is 19.4. The maximum absolute atomic E-state index is 13.7. The number of benzene rings is 4. The zero-order valence-corrected chi connectivity index (χ0v) is 88.7. The first-order valence-electron chi connectivity index (χ1n) is 50.1. The van der Waals surface area contributed by atoms with Gasteiger partial charge in [0, 0.05) is 97.6 Å². The van der Waals surface area contributed by atoms with Gasteiger partial charge in [0.2, 0.25) is 6.54 Å². The van der Waals surface area contributed by atoms with Crippen molar-refractivity contribution in [3.8, 4) is 40.6 Å². The minimum atomic E-state index is -6.76. The summed E-state index contributed by atoms with van der Waals surface area (Å²) in [5.74, 6) is 10.1. The molecule has 3 heterocycles. The molecule has 140 heavy (non-hydrogen) atoms. The van der Waals surface area contributed by atoms with Crippen LogP contribution in [0.4, 0.5) is 49.1 Å². The summed E-state index contributed by atoms with van der Waals surface area (Å²) in [6.45, 7) is 40.3. The number of rotatable bonds is 43. The monoisotopic (exact) mass is 2090 g/mol. The lowest BCUT2D eigenvalue weighted by Crippen LogP contribution is -2.67. The van der Waals surface area contributed by atoms with E-state index in [1.165, 1.54) is 41.5 Å². The van der Waals surface area contributed by atoms with Gasteiger partial charge in [0.25, 0.3) is 8.53 Å². The molecular weight excluding hydrogens is 1940 g/mol. The molecule has 4 aromatic rings. The van der Waals surface area contributed by atoms with Crippen LogP contribution in [0.3, 0.4) is 0 Å². The highest BCUT2D eigenvalue weighted by molar-refractivity contribution is 8.77. The first-order chi connectivity index (χ1) is 66.7. The van der Waals surface area contributed by atoms with Gasteiger partial charge in [-0.25, -0.2) is 30.2 Å². The highest BCUT2D eigenvalue weighted by Gasteiger charge is 2.85. The minimum Gasteiger partial charge on any atom is -0.490 e. The second kappa shape index (κ2) is 54.1. The molecule has 7 fully saturated rings. The van der Waals surface area contributed by atoms with E-state index in [-0.39, 0.29) is 111 Å². The molecule has 1 N–H and O–H groups in total. The van der Waals surface area contributed by atoms with Crippen molar-refractivity contribution in [2.45, 2.75) is 322 Å². The third kappa shape index (κ3) is 30.1. The second-order valence-electron chi connectivity index (χ2n) is 39.8. The van der Waals surface area contributed by atoms with Crippen LogP contribution in [0.25, 0.3) is 4.85 Å². The predicted octanol–water partition coefficient (Wildman–Crippen LogP) is 25.7. The number of fused-ring (bicyclic) bond motifs is 10. The lowest BCUT2D eigenvalue weighted by Gasteiger charge is -2.50. The number of carbonyl (C=O) groups excluding carboxylic acids is 2. The fraction of sp³-hybridized carbons (Fsp3) is 0.725. The molecule has 4 aromatic carbocycles. The Labute approximate surface area is 842 Å². The Morgan fingerprint density at radius 1 is 0.507 bits per heavy atom. The topological polar surface area (TPSA) is 219 Å². The minimum absolute atomic E-state index is 0.0253. The van der Waals surface area contributed by atoms with Gasteiger partial charge in [0.15, 0.2) is 14.7 Å². The van der Waals surface area contributed by atoms with Crippen LogP contribution in [0.15, 0.2) is 84.9 Å². The molecule has 6 aliphatic carbocycles. The van der Waals surface area contributed by atoms with Crippen molar-refractivity contribution >= 4 is 72.3 Å². The zero-order valence-electron chi connectivity index (χ0n) is 83.7. The molecule has 14 atom stereocenters. The summed E-state index contributed by atoms with van der Waals surface area (Å²) in [6, 6.07) is 31.1. The Hall–Kier alpha value is -5.21. The lowest BCUT2D eigenvalue weighted by molar-refractivity contribution is -0.457. The molecule has 0 radical (unpaired) electrons. The molecule has 4 saturated carbocycles. The van der Waals surface area contributed by atoms with Crippen LogP contribution in [0.2, 0.25) is 0 Å². The van der Waals surface area contributed by atoms with Gasteiger partial charge in [0.05, 0.1) is 51.1 Å². The predicted molar refractivity (Wildman–Crippen MR) is 536 cm³/mol. The summed E-state index contributed by atoms with van der Waals surface area (Å²) >= 11 is 0. The number of carbonyl (C=O) groups is 2. The first kappa shape index (κ1) is 115. The third-order valence-electron chi connectivity index (χ3n) is 28.7. The van der Waals surface area contributed by atoms with E-state index < -0.39 is 60.2 Å². The van der Waals surface area contributed by atoms with Crippen molar-refractivity contribution in [3.05, 3.63) is 119 Å². The van der Waals surface area contributed by atoms with Crippen molar-refractivity contribution < 1.29 is 115 Å². The van der Waals surface area contributed by atoms with Gasteiger partial charge in [-0.2, -0.15) is 44.8 Å². The number of hydrogen-bond donors (Lipinski definition) is 1. The van der Waals surface area contributed by atoms with E-state index in [4.69, 9.17) is 68.0 Å². The van der Waals surface area contributed by atoms with Crippen molar-refractivity contribution in [3.63, 3.8) is 0 Å². The quantitative estimate of drug-likeness (QED) is 0.0143. The number of aliphatic hydroxyl groups excluding tert-OH is 1. The highest BCUT2D eigenvalue weighted by Crippen LogP contribution is 2.64. The molecule has 4 unspecified atom stereocenters. The number of hydrogen-bond acceptors (Lipinski definition) is 24. The average Bonchev–Trinajstić information content (AvgIpc) is 0.888. The Kier molecular flexibility index (Phi) is 44.5. The van der Waals surface area contributed by atoms with Gasteiger partial charge in [-0.3, -0.25) is 0 Å². The molecule has 3 aliphatic heterocycles. The number of aliphatic hydroxyl groups is 1. The third-order valence-corrected chi connectivity index (χ3v) is 38.8. The van der Waals surface area contributed by atoms with Gasteiger partial charge in [0.1, 0.15) is 67.5 Å². The molecule has 0 bridgehead atoms. The van der Waals surface area contributed by atoms with Crippen molar-refractivity contribution in [2.75, 3.05) is 115 Å². The number of alkyl halides is 9. The van der Waals surface area contributed by atoms with Crippen molar-refractivity contribution in [2.24, 2.45) is 34.5 Å². The molecule has 38 heteroatoms. The smallest absolute Gasteiger partial charge is 0.435 e. The normalized spacial score (nSPS) is 24.9. The van der Waals surface area contributed by atoms with E-state index in [0.717, 1.165) is 119 Å². The number of amides is 2. The summed E-state index contributed by atoms with van der Waals surface area (Å²) in [7, 11) is 4.88. The maximum atomic E-state index is 13.7. The molecule has 23 nitrogen and oxygen atoms in total. The van der Waals surface area contributed by atoms with E-state index >= 15 is 0 Å². The van der Waals surface area contributed by atoms with E-state index in [2.05, 4.69) is 157 Å². The number of nitriles is 1. The number of nitrogens with zero attached hydrogens (tertiary/aromatic N) is 7. The standard InChI is InChI=1S/C49H65F9N3O8PS2.C38H51NO7S2.C15H32N3OP/c1-32(2)61(33(3)4)70(67-25-21-59-6)68-26-22-60(35-19-29-71-72-31-35)44(62)69-37-11-9-36(10-12-37)63-27-28-64-38-13-15-39-34(30-38)8-14-41-40(39)18-20-45(5)42(41)16-17-43(45)65-23-7-24-66-46(47(50,51)52,48(53,54)55)49(56,57)58;1-38-17-15-32-31-12-10-30(24-26(31)5-11-33(32)34(38)13-14-35(38)40)43-22-21-42-28-6-8-29(9-7-28)46-37(41)39(27-16-23-47-48-25-27)18-20-45-36-4-2-3-19-44-36;1-12(2)17(13(3)4)20(19-11-9-10-16)18(14(5)6)15(7)8/h9-13,15,30,32-33,35,40-43H,7-8,14,16-29,31H2,1-5H3;6-10,12,24,27,32-36,40H,2-5,11,13-23,25H2,1H3;12-15H,9,11H2,1-8H3/t35?,40-,41-,42+,43+,45+,70?;27?,32-,33-,34+,35+,36?,38+;/m11./s1. The van der Waals surface area contributed by atoms with E-state index in [1.807, 2.05) is 33.9 Å². The van der Waals surface area contributed by atoms with Crippen molar-refractivity contribution in [1.29, 1.82) is 5.26 Å². The Bertz CT molecular complexity index is 4460. The molecule has 0 aromatic heterocycles. The Morgan fingerprint density at radius 2 is 0.957 bits per heavy atom. The molecule has 13 rings (SSSR count). The summed E-state index contributed by atoms with van der Waals surface area (Å²) in [6.07, 6.45) is -5.49. The van der Waals surface area contributed by atoms with Gasteiger partial charge < -0.3 is 80.7 Å². The van der Waals surface area contributed by atoms with Crippen LogP contribution in [-0.2, 0) is 45.4 Å². The van der Waals surface area contributed by atoms with E-state index in [1.54, 1.807) is 73.7 Å². The molecule has 0 spiro atoms. The number of ether oxygens (including phenoxy) is 10. The molecule has 3 saturated heterocycles. The Morgan fingerprint density at radius 3 is 1.41 bits per heavy atom. The molecule has 2 amide bonds. The Balaban J connectivity index is 0.000000235. The van der Waals surface area contributed by atoms with Gasteiger partial charge in [-0.05, 0) is 340 Å². The second-order valence-corrected chi connectivity index (χ2v) is 48.2. The van der Waals surface area contributed by atoms with Gasteiger partial charge in [-0.15, -0.1) is 0 Å². The summed E-state index contributed by atoms with van der Waals surface area (Å²) < 4.78 is 202. The molecular formula is C102H148F9N7O16P2S4. The lowest BCUT2D eigenvalue weighted by atomic mass is 9.55. The number of halogens is 9. The average molecular weight is 2090 g/mol. The number of aryl methyl sites for hydroxylation is 2. The molecule has 784 valence electrons.